The van der Waals surface area contributed by atoms with Crippen LogP contribution in [0.4, 0.5) is 0 Å². The summed E-state index contributed by atoms with van der Waals surface area (Å²) in [6.45, 7) is 5.78. The van der Waals surface area contributed by atoms with Crippen LogP contribution in [-0.4, -0.2) is 29.9 Å². The maximum absolute atomic E-state index is 13.2. The van der Waals surface area contributed by atoms with Crippen molar-refractivity contribution >= 4 is 17.7 Å². The van der Waals surface area contributed by atoms with Gasteiger partial charge in [-0.25, -0.2) is 9.59 Å². The fourth-order valence-corrected chi connectivity index (χ4v) is 5.14. The third-order valence-electron chi connectivity index (χ3n) is 6.74. The zero-order chi connectivity index (χ0) is 22.9. The molecule has 5 nitrogen and oxygen atoms in total. The zero-order valence-corrected chi connectivity index (χ0v) is 18.8. The van der Waals surface area contributed by atoms with Crippen LogP contribution in [0.1, 0.15) is 60.7 Å². The van der Waals surface area contributed by atoms with E-state index in [0.717, 1.165) is 12.8 Å². The zero-order valence-electron chi connectivity index (χ0n) is 18.8. The van der Waals surface area contributed by atoms with E-state index in [1.165, 1.54) is 0 Å². The highest BCUT2D eigenvalue weighted by Crippen LogP contribution is 2.50. The van der Waals surface area contributed by atoms with Crippen LogP contribution in [0.5, 0.6) is 0 Å². The van der Waals surface area contributed by atoms with E-state index in [2.05, 4.69) is 0 Å². The van der Waals surface area contributed by atoms with Crippen molar-refractivity contribution in [1.29, 1.82) is 0 Å². The highest BCUT2D eigenvalue weighted by atomic mass is 16.6. The molecule has 0 aromatic heterocycles. The SMILES string of the molecule is CC(C)(C)C(=O)C1CC2CCC1C(OC(=O)c1ccccc1)C2OC(=O)c1ccccc1. The predicted octanol–water partition coefficient (Wildman–Crippen LogP) is 5.10. The molecule has 5 atom stereocenters. The lowest BCUT2D eigenvalue weighted by molar-refractivity contribution is -0.161. The minimum Gasteiger partial charge on any atom is -0.455 e. The molecule has 0 aliphatic heterocycles. The number of hydrogen-bond donors (Lipinski definition) is 0. The van der Waals surface area contributed by atoms with Crippen molar-refractivity contribution in [1.82, 2.24) is 0 Å². The summed E-state index contributed by atoms with van der Waals surface area (Å²) in [4.78, 5) is 39.0. The molecule has 5 rings (SSSR count). The van der Waals surface area contributed by atoms with E-state index in [4.69, 9.17) is 9.47 Å². The molecular formula is C27H30O5. The lowest BCUT2D eigenvalue weighted by Gasteiger charge is -2.51. The van der Waals surface area contributed by atoms with Crippen molar-refractivity contribution in [3.8, 4) is 0 Å². The monoisotopic (exact) mass is 434 g/mol. The van der Waals surface area contributed by atoms with E-state index < -0.39 is 29.6 Å². The Labute approximate surface area is 189 Å². The molecule has 0 heterocycles. The quantitative estimate of drug-likeness (QED) is 0.613. The second kappa shape index (κ2) is 8.89. The molecule has 32 heavy (non-hydrogen) atoms. The third-order valence-corrected chi connectivity index (χ3v) is 6.74. The normalized spacial score (nSPS) is 26.9. The van der Waals surface area contributed by atoms with Crippen LogP contribution in [0, 0.1) is 23.2 Å². The van der Waals surface area contributed by atoms with Crippen molar-refractivity contribution in [2.24, 2.45) is 23.2 Å². The summed E-state index contributed by atoms with van der Waals surface area (Å²) >= 11 is 0. The number of carbonyl (C=O) groups excluding carboxylic acids is 3. The Bertz CT molecular complexity index is 976. The Hall–Kier alpha value is -2.95. The standard InChI is InChI=1S/C27H30O5/c1-27(2,3)24(28)21-16-19-14-15-20(21)23(32-26(30)18-12-8-5-9-13-18)22(19)31-25(29)17-10-6-4-7-11-17/h4-13,19-23H,14-16H2,1-3H3. The second-order valence-corrected chi connectivity index (χ2v) is 9.93. The van der Waals surface area contributed by atoms with Gasteiger partial charge in [0.05, 0.1) is 11.1 Å². The first-order valence-corrected chi connectivity index (χ1v) is 11.3. The average Bonchev–Trinajstić information content (AvgIpc) is 2.80. The van der Waals surface area contributed by atoms with Gasteiger partial charge in [0.15, 0.2) is 0 Å². The maximum atomic E-state index is 13.2. The molecule has 5 heteroatoms. The highest BCUT2D eigenvalue weighted by Gasteiger charge is 2.55. The Morgan fingerprint density at radius 1 is 0.750 bits per heavy atom. The smallest absolute Gasteiger partial charge is 0.338 e. The molecule has 3 fully saturated rings. The van der Waals surface area contributed by atoms with Gasteiger partial charge in [0, 0.05) is 23.2 Å². The van der Waals surface area contributed by atoms with E-state index in [-0.39, 0.29) is 23.5 Å². The molecule has 0 N–H and O–H groups in total. The molecule has 0 spiro atoms. The first-order chi connectivity index (χ1) is 15.3. The summed E-state index contributed by atoms with van der Waals surface area (Å²) in [5.41, 5.74) is 0.428. The van der Waals surface area contributed by atoms with E-state index in [9.17, 15) is 14.4 Å². The molecule has 3 saturated carbocycles. The molecule has 2 aromatic rings. The van der Waals surface area contributed by atoms with Gasteiger partial charge < -0.3 is 9.47 Å². The Kier molecular flexibility index (Phi) is 6.18. The summed E-state index contributed by atoms with van der Waals surface area (Å²) in [5, 5.41) is 0. The van der Waals surface area contributed by atoms with Gasteiger partial charge in [0.1, 0.15) is 18.0 Å². The lowest BCUT2D eigenvalue weighted by atomic mass is 9.58. The number of hydrogen-bond acceptors (Lipinski definition) is 5. The van der Waals surface area contributed by atoms with Crippen LogP contribution in [0.15, 0.2) is 60.7 Å². The van der Waals surface area contributed by atoms with E-state index in [1.54, 1.807) is 48.5 Å². The molecule has 5 unspecified atom stereocenters. The molecule has 0 amide bonds. The number of fused-ring (bicyclic) bond motifs is 3. The van der Waals surface area contributed by atoms with Gasteiger partial charge in [-0.05, 0) is 43.5 Å². The maximum Gasteiger partial charge on any atom is 0.338 e. The molecule has 0 saturated heterocycles. The number of esters is 2. The minimum absolute atomic E-state index is 0.0162. The number of ketones is 1. The highest BCUT2D eigenvalue weighted by molar-refractivity contribution is 5.91. The molecule has 3 aliphatic carbocycles. The molecule has 168 valence electrons. The van der Waals surface area contributed by atoms with Gasteiger partial charge >= 0.3 is 11.9 Å². The fraction of sp³-hybridized carbons (Fsp3) is 0.444. The van der Waals surface area contributed by atoms with Crippen molar-refractivity contribution in [3.05, 3.63) is 71.8 Å². The summed E-state index contributed by atoms with van der Waals surface area (Å²) < 4.78 is 11.9. The van der Waals surface area contributed by atoms with Gasteiger partial charge in [-0.15, -0.1) is 0 Å². The predicted molar refractivity (Wildman–Crippen MR) is 120 cm³/mol. The second-order valence-electron chi connectivity index (χ2n) is 9.93. The Morgan fingerprint density at radius 2 is 1.25 bits per heavy atom. The topological polar surface area (TPSA) is 69.7 Å². The van der Waals surface area contributed by atoms with Crippen molar-refractivity contribution < 1.29 is 23.9 Å². The number of rotatable bonds is 5. The minimum atomic E-state index is -0.640. The van der Waals surface area contributed by atoms with Crippen LogP contribution in [0.2, 0.25) is 0 Å². The summed E-state index contributed by atoms with van der Waals surface area (Å²) in [5.74, 6) is -1.08. The van der Waals surface area contributed by atoms with Gasteiger partial charge in [-0.3, -0.25) is 4.79 Å². The number of ether oxygens (including phenoxy) is 2. The molecular weight excluding hydrogens is 404 g/mol. The van der Waals surface area contributed by atoms with Crippen molar-refractivity contribution in [3.63, 3.8) is 0 Å². The van der Waals surface area contributed by atoms with Crippen LogP contribution in [0.3, 0.4) is 0 Å². The largest absolute Gasteiger partial charge is 0.455 e. The van der Waals surface area contributed by atoms with E-state index >= 15 is 0 Å². The first kappa shape index (κ1) is 22.3. The van der Waals surface area contributed by atoms with Crippen LogP contribution < -0.4 is 0 Å². The number of carbonyl (C=O) groups is 3. The van der Waals surface area contributed by atoms with E-state index in [1.807, 2.05) is 32.9 Å². The van der Waals surface area contributed by atoms with Gasteiger partial charge in [-0.2, -0.15) is 0 Å². The van der Waals surface area contributed by atoms with Crippen LogP contribution >= 0.6 is 0 Å². The number of benzene rings is 2. The van der Waals surface area contributed by atoms with Crippen LogP contribution in [-0.2, 0) is 14.3 Å². The Morgan fingerprint density at radius 3 is 1.75 bits per heavy atom. The van der Waals surface area contributed by atoms with Gasteiger partial charge in [0.2, 0.25) is 0 Å². The third kappa shape index (κ3) is 4.47. The summed E-state index contributed by atoms with van der Waals surface area (Å²) in [6.07, 6.45) is 1.10. The van der Waals surface area contributed by atoms with Crippen molar-refractivity contribution in [2.45, 2.75) is 52.2 Å². The van der Waals surface area contributed by atoms with Crippen LogP contribution in [0.25, 0.3) is 0 Å². The fourth-order valence-electron chi connectivity index (χ4n) is 5.14. The molecule has 2 bridgehead atoms. The first-order valence-electron chi connectivity index (χ1n) is 11.3. The van der Waals surface area contributed by atoms with E-state index in [0.29, 0.717) is 17.5 Å². The molecule has 3 aliphatic rings. The Balaban J connectivity index is 1.61. The summed E-state index contributed by atoms with van der Waals surface area (Å²) in [6, 6.07) is 17.6. The summed E-state index contributed by atoms with van der Waals surface area (Å²) in [7, 11) is 0. The van der Waals surface area contributed by atoms with Gasteiger partial charge in [0.25, 0.3) is 0 Å². The van der Waals surface area contributed by atoms with Crippen molar-refractivity contribution in [2.75, 3.05) is 0 Å². The lowest BCUT2D eigenvalue weighted by Crippen LogP contribution is -2.58. The number of Topliss-reactive ketones (excluding diaryl/α,β-unsaturated/α-hetero) is 1. The van der Waals surface area contributed by atoms with Gasteiger partial charge in [-0.1, -0.05) is 57.2 Å². The molecule has 0 radical (unpaired) electrons. The molecule has 2 aromatic carbocycles. The average molecular weight is 435 g/mol.